The molecule has 0 aliphatic heterocycles. The molecular formula is C18H20N2O4. The molecule has 0 spiro atoms. The van der Waals surface area contributed by atoms with Crippen molar-refractivity contribution in [3.8, 4) is 5.75 Å². The van der Waals surface area contributed by atoms with Gasteiger partial charge >= 0.3 is 12.2 Å². The average molecular weight is 328 g/mol. The SMILES string of the molecule is CC(C)(Cc1ccc(NC(=O)Oc2ccccc2)cc1)OC(N)=O. The number of rotatable bonds is 5. The molecule has 0 atom stereocenters. The molecule has 0 saturated heterocycles. The minimum absolute atomic E-state index is 0.469. The van der Waals surface area contributed by atoms with E-state index in [0.717, 1.165) is 5.56 Å². The maximum atomic E-state index is 11.8. The van der Waals surface area contributed by atoms with Crippen molar-refractivity contribution in [2.24, 2.45) is 5.73 Å². The molecule has 2 rings (SSSR count). The predicted octanol–water partition coefficient (Wildman–Crippen LogP) is 3.71. The Morgan fingerprint density at radius 1 is 1.04 bits per heavy atom. The topological polar surface area (TPSA) is 90.7 Å². The third-order valence-electron chi connectivity index (χ3n) is 3.16. The number of carbonyl (C=O) groups excluding carboxylic acids is 2. The van der Waals surface area contributed by atoms with Gasteiger partial charge in [-0.1, -0.05) is 30.3 Å². The largest absolute Gasteiger partial charge is 0.443 e. The van der Waals surface area contributed by atoms with Crippen LogP contribution in [0.1, 0.15) is 19.4 Å². The van der Waals surface area contributed by atoms with Crippen molar-refractivity contribution in [2.45, 2.75) is 25.9 Å². The number of nitrogens with two attached hydrogens (primary N) is 1. The highest BCUT2D eigenvalue weighted by molar-refractivity contribution is 5.86. The Bertz CT molecular complexity index is 697. The third-order valence-corrected chi connectivity index (χ3v) is 3.16. The Labute approximate surface area is 140 Å². The summed E-state index contributed by atoms with van der Waals surface area (Å²) in [5, 5.41) is 2.65. The van der Waals surface area contributed by atoms with E-state index in [1.807, 2.05) is 18.2 Å². The highest BCUT2D eigenvalue weighted by atomic mass is 16.6. The molecule has 0 radical (unpaired) electrons. The van der Waals surface area contributed by atoms with Gasteiger partial charge in [-0.05, 0) is 43.7 Å². The number of hydrogen-bond donors (Lipinski definition) is 2. The number of hydrogen-bond acceptors (Lipinski definition) is 4. The Morgan fingerprint density at radius 3 is 2.25 bits per heavy atom. The standard InChI is InChI=1S/C18H20N2O4/c1-18(2,24-16(19)21)12-13-8-10-14(11-9-13)20-17(22)23-15-6-4-3-5-7-15/h3-11H,12H2,1-2H3,(H2,19,21)(H,20,22). The van der Waals surface area contributed by atoms with Gasteiger partial charge < -0.3 is 15.2 Å². The van der Waals surface area contributed by atoms with Crippen LogP contribution in [0.25, 0.3) is 0 Å². The molecule has 6 heteroatoms. The first-order chi connectivity index (χ1) is 11.3. The summed E-state index contributed by atoms with van der Waals surface area (Å²) in [5.74, 6) is 0.469. The molecule has 24 heavy (non-hydrogen) atoms. The van der Waals surface area contributed by atoms with Crippen molar-refractivity contribution in [2.75, 3.05) is 5.32 Å². The van der Waals surface area contributed by atoms with Gasteiger partial charge in [-0.2, -0.15) is 0 Å². The van der Waals surface area contributed by atoms with E-state index < -0.39 is 17.8 Å². The van der Waals surface area contributed by atoms with E-state index in [1.54, 1.807) is 50.2 Å². The first-order valence-electron chi connectivity index (χ1n) is 7.45. The van der Waals surface area contributed by atoms with Gasteiger partial charge in [-0.3, -0.25) is 5.32 Å². The number of carbonyl (C=O) groups is 2. The highest BCUT2D eigenvalue weighted by Gasteiger charge is 2.22. The van der Waals surface area contributed by atoms with E-state index in [9.17, 15) is 9.59 Å². The molecule has 2 amide bonds. The molecule has 0 bridgehead atoms. The van der Waals surface area contributed by atoms with Crippen LogP contribution in [-0.4, -0.2) is 17.8 Å². The quantitative estimate of drug-likeness (QED) is 0.875. The van der Waals surface area contributed by atoms with Crippen molar-refractivity contribution < 1.29 is 19.1 Å². The van der Waals surface area contributed by atoms with Gasteiger partial charge in [0.25, 0.3) is 0 Å². The fraction of sp³-hybridized carbons (Fsp3) is 0.222. The summed E-state index contributed by atoms with van der Waals surface area (Å²) in [6.07, 6.45) is -0.863. The van der Waals surface area contributed by atoms with E-state index in [1.165, 1.54) is 0 Å². The number of amides is 2. The van der Waals surface area contributed by atoms with Crippen LogP contribution in [0.4, 0.5) is 15.3 Å². The molecule has 2 aromatic carbocycles. The van der Waals surface area contributed by atoms with E-state index >= 15 is 0 Å². The summed E-state index contributed by atoms with van der Waals surface area (Å²) >= 11 is 0. The van der Waals surface area contributed by atoms with Gasteiger partial charge in [0, 0.05) is 12.1 Å². The molecular weight excluding hydrogens is 308 g/mol. The first-order valence-corrected chi connectivity index (χ1v) is 7.45. The monoisotopic (exact) mass is 328 g/mol. The molecule has 0 aliphatic carbocycles. The van der Waals surface area contributed by atoms with Crippen LogP contribution in [0.15, 0.2) is 54.6 Å². The van der Waals surface area contributed by atoms with Crippen molar-refractivity contribution in [1.29, 1.82) is 0 Å². The summed E-state index contributed by atoms with van der Waals surface area (Å²) in [7, 11) is 0. The van der Waals surface area contributed by atoms with Crippen LogP contribution >= 0.6 is 0 Å². The molecule has 0 saturated carbocycles. The Morgan fingerprint density at radius 2 is 1.67 bits per heavy atom. The van der Waals surface area contributed by atoms with Gasteiger partial charge in [-0.25, -0.2) is 9.59 Å². The lowest BCUT2D eigenvalue weighted by Gasteiger charge is -2.24. The Balaban J connectivity index is 1.92. The average Bonchev–Trinajstić information content (AvgIpc) is 2.48. The summed E-state index contributed by atoms with van der Waals surface area (Å²) in [6, 6.07) is 16.0. The van der Waals surface area contributed by atoms with Crippen LogP contribution in [0.2, 0.25) is 0 Å². The van der Waals surface area contributed by atoms with E-state index in [0.29, 0.717) is 17.9 Å². The third kappa shape index (κ3) is 5.64. The number of para-hydroxylation sites is 1. The number of anilines is 1. The van der Waals surface area contributed by atoms with Crippen molar-refractivity contribution >= 4 is 17.9 Å². The molecule has 2 aromatic rings. The van der Waals surface area contributed by atoms with Crippen LogP contribution < -0.4 is 15.8 Å². The van der Waals surface area contributed by atoms with Gasteiger partial charge in [0.2, 0.25) is 0 Å². The summed E-state index contributed by atoms with van der Waals surface area (Å²) in [6.45, 7) is 3.56. The Hall–Kier alpha value is -3.02. The lowest BCUT2D eigenvalue weighted by atomic mass is 9.98. The maximum Gasteiger partial charge on any atom is 0.417 e. The van der Waals surface area contributed by atoms with Crippen LogP contribution in [0.5, 0.6) is 5.75 Å². The summed E-state index contributed by atoms with van der Waals surface area (Å²) < 4.78 is 10.2. The Kier molecular flexibility index (Phi) is 5.42. The molecule has 0 heterocycles. The normalized spacial score (nSPS) is 10.8. The zero-order valence-corrected chi connectivity index (χ0v) is 13.6. The number of ether oxygens (including phenoxy) is 2. The second kappa shape index (κ2) is 7.50. The lowest BCUT2D eigenvalue weighted by molar-refractivity contribution is 0.0460. The van der Waals surface area contributed by atoms with Crippen LogP contribution in [0, 0.1) is 0 Å². The zero-order chi connectivity index (χ0) is 17.6. The summed E-state index contributed by atoms with van der Waals surface area (Å²) in [4.78, 5) is 22.7. The zero-order valence-electron chi connectivity index (χ0n) is 13.6. The fourth-order valence-corrected chi connectivity index (χ4v) is 2.24. The van der Waals surface area contributed by atoms with Gasteiger partial charge in [0.15, 0.2) is 0 Å². The van der Waals surface area contributed by atoms with E-state index in [4.69, 9.17) is 15.2 Å². The predicted molar refractivity (Wildman–Crippen MR) is 91.0 cm³/mol. The maximum absolute atomic E-state index is 11.8. The highest BCUT2D eigenvalue weighted by Crippen LogP contribution is 2.19. The molecule has 0 unspecified atom stereocenters. The second-order valence-electron chi connectivity index (χ2n) is 5.88. The number of benzene rings is 2. The molecule has 3 N–H and O–H groups in total. The fourth-order valence-electron chi connectivity index (χ4n) is 2.24. The minimum atomic E-state index is -0.804. The van der Waals surface area contributed by atoms with Gasteiger partial charge in [0.1, 0.15) is 11.4 Å². The molecule has 0 fully saturated rings. The molecule has 0 aliphatic rings. The van der Waals surface area contributed by atoms with Crippen molar-refractivity contribution in [3.63, 3.8) is 0 Å². The van der Waals surface area contributed by atoms with Crippen LogP contribution in [0.3, 0.4) is 0 Å². The molecule has 0 aromatic heterocycles. The number of primary amides is 1. The van der Waals surface area contributed by atoms with Crippen molar-refractivity contribution in [1.82, 2.24) is 0 Å². The van der Waals surface area contributed by atoms with Gasteiger partial charge in [0.05, 0.1) is 0 Å². The van der Waals surface area contributed by atoms with Gasteiger partial charge in [-0.15, -0.1) is 0 Å². The summed E-state index contributed by atoms with van der Waals surface area (Å²) in [5.41, 5.74) is 5.90. The smallest absolute Gasteiger partial charge is 0.417 e. The van der Waals surface area contributed by atoms with Crippen molar-refractivity contribution in [3.05, 3.63) is 60.2 Å². The van der Waals surface area contributed by atoms with E-state index in [2.05, 4.69) is 5.32 Å². The van der Waals surface area contributed by atoms with Crippen LogP contribution in [-0.2, 0) is 11.2 Å². The van der Waals surface area contributed by atoms with E-state index in [-0.39, 0.29) is 0 Å². The number of nitrogens with one attached hydrogen (secondary N) is 1. The molecule has 126 valence electrons. The lowest BCUT2D eigenvalue weighted by Crippen LogP contribution is -2.33. The second-order valence-corrected chi connectivity index (χ2v) is 5.88. The first kappa shape index (κ1) is 17.3. The molecule has 6 nitrogen and oxygen atoms in total. The minimum Gasteiger partial charge on any atom is -0.443 e.